The summed E-state index contributed by atoms with van der Waals surface area (Å²) < 4.78 is 38.3. The van der Waals surface area contributed by atoms with E-state index in [1.54, 1.807) is 0 Å². The molecule has 7 heteroatoms. The zero-order valence-electron chi connectivity index (χ0n) is 7.62. The summed E-state index contributed by atoms with van der Waals surface area (Å²) in [7, 11) is 0. The molecule has 86 valence electrons. The Kier molecular flexibility index (Phi) is 2.61. The predicted molar refractivity (Wildman–Crippen MR) is 57.7 cm³/mol. The zero-order chi connectivity index (χ0) is 12.1. The summed E-state index contributed by atoms with van der Waals surface area (Å²) in [6.07, 6.45) is -6.54. The molecule has 0 saturated heterocycles. The molecule has 1 amide bonds. The lowest BCUT2D eigenvalue weighted by Crippen LogP contribution is -2.41. The SMILES string of the molecule is O=C1C(O)c2ccc(I)cc2N1C(F)(F)F. The number of carbonyl (C=O) groups is 1. The smallest absolute Gasteiger partial charge is 0.378 e. The maximum atomic E-state index is 12.6. The van der Waals surface area contributed by atoms with Crippen LogP contribution in [0.2, 0.25) is 0 Å². The summed E-state index contributed by atoms with van der Waals surface area (Å²) in [6, 6.07) is 4.08. The van der Waals surface area contributed by atoms with Gasteiger partial charge in [-0.1, -0.05) is 6.07 Å². The van der Waals surface area contributed by atoms with E-state index in [-0.39, 0.29) is 16.2 Å². The van der Waals surface area contributed by atoms with E-state index in [0.717, 1.165) is 0 Å². The van der Waals surface area contributed by atoms with Crippen molar-refractivity contribution in [2.75, 3.05) is 4.90 Å². The van der Waals surface area contributed by atoms with Gasteiger partial charge in [-0.2, -0.15) is 0 Å². The number of fused-ring (bicyclic) bond motifs is 1. The van der Waals surface area contributed by atoms with Crippen molar-refractivity contribution in [1.82, 2.24) is 0 Å². The van der Waals surface area contributed by atoms with Gasteiger partial charge in [-0.3, -0.25) is 4.79 Å². The average molecular weight is 343 g/mol. The topological polar surface area (TPSA) is 40.5 Å². The number of nitrogens with zero attached hydrogens (tertiary/aromatic N) is 1. The van der Waals surface area contributed by atoms with Gasteiger partial charge >= 0.3 is 6.30 Å². The van der Waals surface area contributed by atoms with Crippen LogP contribution in [0.3, 0.4) is 0 Å². The standard InChI is InChI=1S/C9H5F3INO2/c10-9(11,12)14-6-3-4(13)1-2-5(6)7(15)8(14)16/h1-3,7,15H. The molecule has 1 N–H and O–H groups in total. The van der Waals surface area contributed by atoms with Crippen LogP contribution in [0.4, 0.5) is 18.9 Å². The van der Waals surface area contributed by atoms with Crippen LogP contribution in [-0.2, 0) is 4.79 Å². The summed E-state index contributed by atoms with van der Waals surface area (Å²) in [5.74, 6) is -1.36. The third-order valence-electron chi connectivity index (χ3n) is 2.24. The molecule has 1 aromatic rings. The number of rotatable bonds is 0. The number of aliphatic hydroxyl groups is 1. The van der Waals surface area contributed by atoms with Gasteiger partial charge in [-0.05, 0) is 34.7 Å². The normalized spacial score (nSPS) is 20.2. The van der Waals surface area contributed by atoms with Crippen LogP contribution < -0.4 is 4.90 Å². The molecule has 1 aliphatic rings. The molecular formula is C9H5F3INO2. The Morgan fingerprint density at radius 3 is 2.56 bits per heavy atom. The summed E-state index contributed by atoms with van der Waals surface area (Å²) in [6.45, 7) is 0. The molecule has 3 nitrogen and oxygen atoms in total. The lowest BCUT2D eigenvalue weighted by molar-refractivity contribution is -0.153. The first kappa shape index (κ1) is 11.6. The van der Waals surface area contributed by atoms with Crippen LogP contribution in [0.25, 0.3) is 0 Å². The molecule has 0 spiro atoms. The maximum absolute atomic E-state index is 12.6. The van der Waals surface area contributed by atoms with Crippen molar-refractivity contribution in [2.24, 2.45) is 0 Å². The van der Waals surface area contributed by atoms with Crippen molar-refractivity contribution in [2.45, 2.75) is 12.4 Å². The second kappa shape index (κ2) is 3.59. The molecule has 0 radical (unpaired) electrons. The van der Waals surface area contributed by atoms with Gasteiger partial charge in [0.25, 0.3) is 5.91 Å². The van der Waals surface area contributed by atoms with E-state index >= 15 is 0 Å². The van der Waals surface area contributed by atoms with Gasteiger partial charge in [0.15, 0.2) is 6.10 Å². The molecule has 1 unspecified atom stereocenters. The summed E-state index contributed by atoms with van der Waals surface area (Å²) in [5, 5.41) is 9.38. The van der Waals surface area contributed by atoms with E-state index in [1.165, 1.54) is 18.2 Å². The van der Waals surface area contributed by atoms with Gasteiger partial charge < -0.3 is 5.11 Å². The van der Waals surface area contributed by atoms with Crippen molar-refractivity contribution in [1.29, 1.82) is 0 Å². The monoisotopic (exact) mass is 343 g/mol. The number of anilines is 1. The van der Waals surface area contributed by atoms with Crippen molar-refractivity contribution in [3.63, 3.8) is 0 Å². The molecule has 16 heavy (non-hydrogen) atoms. The Bertz CT molecular complexity index is 461. The van der Waals surface area contributed by atoms with Crippen molar-refractivity contribution >= 4 is 34.2 Å². The molecule has 0 fully saturated rings. The van der Waals surface area contributed by atoms with E-state index < -0.39 is 18.3 Å². The van der Waals surface area contributed by atoms with E-state index in [9.17, 15) is 23.1 Å². The molecule has 1 aliphatic heterocycles. The molecule has 0 aromatic heterocycles. The van der Waals surface area contributed by atoms with Crippen molar-refractivity contribution < 1.29 is 23.1 Å². The lowest BCUT2D eigenvalue weighted by Gasteiger charge is -2.20. The highest BCUT2D eigenvalue weighted by molar-refractivity contribution is 14.1. The number of benzene rings is 1. The van der Waals surface area contributed by atoms with Crippen LogP contribution >= 0.6 is 22.6 Å². The fraction of sp³-hybridized carbons (Fsp3) is 0.222. The number of halogens is 4. The quantitative estimate of drug-likeness (QED) is 0.580. The number of amides is 1. The van der Waals surface area contributed by atoms with E-state index in [2.05, 4.69) is 0 Å². The molecule has 2 rings (SSSR count). The molecular weight excluding hydrogens is 338 g/mol. The fourth-order valence-corrected chi connectivity index (χ4v) is 2.05. The maximum Gasteiger partial charge on any atom is 0.491 e. The Labute approximate surface area is 102 Å². The minimum absolute atomic E-state index is 0.0114. The van der Waals surface area contributed by atoms with E-state index in [4.69, 9.17) is 0 Å². The Morgan fingerprint density at radius 2 is 2.00 bits per heavy atom. The molecule has 0 bridgehead atoms. The summed E-state index contributed by atoms with van der Waals surface area (Å²) in [5.41, 5.74) is -0.306. The molecule has 0 saturated carbocycles. The average Bonchev–Trinajstić information content (AvgIpc) is 2.38. The number of hydrogen-bond donors (Lipinski definition) is 1. The van der Waals surface area contributed by atoms with Crippen LogP contribution in [0.15, 0.2) is 18.2 Å². The van der Waals surface area contributed by atoms with Gasteiger partial charge in [0.05, 0.1) is 5.69 Å². The highest BCUT2D eigenvalue weighted by atomic mass is 127. The lowest BCUT2D eigenvalue weighted by atomic mass is 10.1. The van der Waals surface area contributed by atoms with Gasteiger partial charge in [-0.15, -0.1) is 13.2 Å². The highest BCUT2D eigenvalue weighted by Crippen LogP contribution is 2.42. The molecule has 1 aromatic carbocycles. The fourth-order valence-electron chi connectivity index (χ4n) is 1.58. The van der Waals surface area contributed by atoms with Crippen LogP contribution in [0.5, 0.6) is 0 Å². The van der Waals surface area contributed by atoms with Gasteiger partial charge in [0.1, 0.15) is 0 Å². The second-order valence-corrected chi connectivity index (χ2v) is 4.49. The predicted octanol–water partition coefficient (Wildman–Crippen LogP) is 2.19. The largest absolute Gasteiger partial charge is 0.491 e. The summed E-state index contributed by atoms with van der Waals surface area (Å²) >= 11 is 1.84. The first-order valence-electron chi connectivity index (χ1n) is 4.20. The highest BCUT2D eigenvalue weighted by Gasteiger charge is 2.50. The first-order chi connectivity index (χ1) is 7.32. The molecule has 1 heterocycles. The van der Waals surface area contributed by atoms with Crippen LogP contribution in [0, 0.1) is 3.57 Å². The van der Waals surface area contributed by atoms with Crippen molar-refractivity contribution in [3.8, 4) is 0 Å². The van der Waals surface area contributed by atoms with Crippen LogP contribution in [-0.4, -0.2) is 17.3 Å². The number of aliphatic hydroxyl groups excluding tert-OH is 1. The molecule has 0 aliphatic carbocycles. The Balaban J connectivity index is 2.60. The molecule has 1 atom stereocenters. The second-order valence-electron chi connectivity index (χ2n) is 3.25. The van der Waals surface area contributed by atoms with Crippen molar-refractivity contribution in [3.05, 3.63) is 27.3 Å². The van der Waals surface area contributed by atoms with Gasteiger partial charge in [0.2, 0.25) is 0 Å². The number of hydrogen-bond acceptors (Lipinski definition) is 2. The minimum atomic E-state index is -4.81. The Hall–Kier alpha value is -0.830. The Morgan fingerprint density at radius 1 is 1.38 bits per heavy atom. The van der Waals surface area contributed by atoms with E-state index in [0.29, 0.717) is 3.57 Å². The first-order valence-corrected chi connectivity index (χ1v) is 5.28. The van der Waals surface area contributed by atoms with E-state index in [1.807, 2.05) is 22.6 Å². The van der Waals surface area contributed by atoms with Gasteiger partial charge in [0, 0.05) is 9.13 Å². The summed E-state index contributed by atoms with van der Waals surface area (Å²) in [4.78, 5) is 10.9. The van der Waals surface area contributed by atoms with Crippen LogP contribution in [0.1, 0.15) is 11.7 Å². The number of alkyl halides is 3. The zero-order valence-corrected chi connectivity index (χ0v) is 9.78. The van der Waals surface area contributed by atoms with Gasteiger partial charge in [-0.25, -0.2) is 4.90 Å². The third-order valence-corrected chi connectivity index (χ3v) is 2.91. The number of carbonyl (C=O) groups excluding carboxylic acids is 1. The third kappa shape index (κ3) is 1.67. The minimum Gasteiger partial charge on any atom is -0.378 e.